The van der Waals surface area contributed by atoms with Crippen LogP contribution in [0.2, 0.25) is 5.04 Å². The largest absolute Gasteiger partial charge is 0.405 e. The van der Waals surface area contributed by atoms with Gasteiger partial charge in [0.1, 0.15) is 6.10 Å². The minimum atomic E-state index is -3.88. The topological polar surface area (TPSA) is 64.6 Å². The zero-order valence-electron chi connectivity index (χ0n) is 19.3. The van der Waals surface area contributed by atoms with E-state index in [2.05, 4.69) is 49.8 Å². The molecular weight excluding hydrogens is 450 g/mol. The van der Waals surface area contributed by atoms with Crippen molar-refractivity contribution < 1.29 is 17.0 Å². The van der Waals surface area contributed by atoms with Crippen molar-refractivity contribution >= 4 is 29.0 Å². The predicted octanol–water partition coefficient (Wildman–Crippen LogP) is 3.93. The Bertz CT molecular complexity index is 1110. The summed E-state index contributed by atoms with van der Waals surface area (Å²) < 4.78 is 40.1. The molecule has 3 aromatic carbocycles. The first-order valence-electron chi connectivity index (χ1n) is 11.2. The summed E-state index contributed by atoms with van der Waals surface area (Å²) in [6.45, 7) is 6.79. The maximum absolute atomic E-state index is 12.5. The fourth-order valence-electron chi connectivity index (χ4n) is 4.70. The van der Waals surface area contributed by atoms with Gasteiger partial charge in [0, 0.05) is 0 Å². The van der Waals surface area contributed by atoms with Gasteiger partial charge in [0.2, 0.25) is 0 Å². The van der Waals surface area contributed by atoms with Crippen molar-refractivity contribution in [3.8, 4) is 0 Å². The van der Waals surface area contributed by atoms with E-state index >= 15 is 0 Å². The second kappa shape index (κ2) is 9.52. The Balaban J connectivity index is 1.69. The lowest BCUT2D eigenvalue weighted by Gasteiger charge is -2.44. The maximum atomic E-state index is 12.5. The van der Waals surface area contributed by atoms with Crippen LogP contribution < -0.4 is 15.1 Å². The molecule has 5 nitrogen and oxygen atoms in total. The van der Waals surface area contributed by atoms with E-state index in [9.17, 15) is 8.42 Å². The summed E-state index contributed by atoms with van der Waals surface area (Å²) in [6.07, 6.45) is -0.0790. The highest BCUT2D eigenvalue weighted by atomic mass is 32.2. The van der Waals surface area contributed by atoms with Crippen molar-refractivity contribution in [2.75, 3.05) is 6.61 Å². The number of benzene rings is 3. The van der Waals surface area contributed by atoms with E-state index in [0.717, 1.165) is 15.9 Å². The number of rotatable bonds is 6. The molecule has 33 heavy (non-hydrogen) atoms. The molecule has 1 fully saturated rings. The van der Waals surface area contributed by atoms with Crippen LogP contribution in [0.5, 0.6) is 0 Å². The molecule has 0 aromatic heterocycles. The van der Waals surface area contributed by atoms with Crippen molar-refractivity contribution in [3.63, 3.8) is 0 Å². The second-order valence-corrected chi connectivity index (χ2v) is 15.1. The Hall–Kier alpha value is -2.29. The molecule has 0 radical (unpaired) electrons. The van der Waals surface area contributed by atoms with Gasteiger partial charge in [-0.2, -0.15) is 13.1 Å². The Morgan fingerprint density at radius 3 is 1.85 bits per heavy atom. The van der Waals surface area contributed by atoms with Crippen molar-refractivity contribution in [1.82, 2.24) is 4.72 Å². The highest BCUT2D eigenvalue weighted by molar-refractivity contribution is 7.84. The van der Waals surface area contributed by atoms with E-state index in [4.69, 9.17) is 8.61 Å². The SMILES string of the molecule is CC(C)(C)[Si](OC[C@@H]1C[C@@H](c2ccccc2)NS(=O)(=O)O1)(c1ccccc1)c1ccccc1. The molecule has 3 aromatic rings. The average molecular weight is 482 g/mol. The Kier molecular flexibility index (Phi) is 6.88. The van der Waals surface area contributed by atoms with Crippen LogP contribution in [0.25, 0.3) is 0 Å². The van der Waals surface area contributed by atoms with Crippen LogP contribution in [0.3, 0.4) is 0 Å². The van der Waals surface area contributed by atoms with Gasteiger partial charge < -0.3 is 4.43 Å². The molecule has 0 saturated carbocycles. The third kappa shape index (κ3) is 5.12. The first-order valence-corrected chi connectivity index (χ1v) is 14.5. The van der Waals surface area contributed by atoms with Gasteiger partial charge in [-0.15, -0.1) is 0 Å². The molecule has 1 saturated heterocycles. The van der Waals surface area contributed by atoms with Crippen LogP contribution in [0, 0.1) is 0 Å². The smallest absolute Gasteiger partial charge is 0.336 e. The molecular formula is C26H31NO4SSi. The zero-order valence-corrected chi connectivity index (χ0v) is 21.1. The van der Waals surface area contributed by atoms with Crippen LogP contribution in [0.15, 0.2) is 91.0 Å². The molecule has 174 valence electrons. The van der Waals surface area contributed by atoms with Gasteiger partial charge >= 0.3 is 10.3 Å². The third-order valence-corrected chi connectivity index (χ3v) is 12.3. The molecule has 0 bridgehead atoms. The lowest BCUT2D eigenvalue weighted by molar-refractivity contribution is 0.0955. The molecule has 1 N–H and O–H groups in total. The van der Waals surface area contributed by atoms with Gasteiger partial charge in [-0.1, -0.05) is 112 Å². The first kappa shape index (κ1) is 23.9. The molecule has 4 rings (SSSR count). The molecule has 1 aliphatic rings. The minimum absolute atomic E-state index is 0.192. The van der Waals surface area contributed by atoms with E-state index in [0.29, 0.717) is 6.42 Å². The van der Waals surface area contributed by atoms with Gasteiger partial charge in [0.05, 0.1) is 12.6 Å². The summed E-state index contributed by atoms with van der Waals surface area (Å²) in [5.74, 6) is 0. The maximum Gasteiger partial charge on any atom is 0.336 e. The van der Waals surface area contributed by atoms with Gasteiger partial charge in [-0.25, -0.2) is 0 Å². The van der Waals surface area contributed by atoms with E-state index in [-0.39, 0.29) is 17.7 Å². The molecule has 0 spiro atoms. The van der Waals surface area contributed by atoms with Crippen molar-refractivity contribution in [3.05, 3.63) is 96.6 Å². The van der Waals surface area contributed by atoms with E-state index < -0.39 is 24.7 Å². The lowest BCUT2D eigenvalue weighted by Crippen LogP contribution is -2.67. The van der Waals surface area contributed by atoms with E-state index in [1.165, 1.54) is 0 Å². The Labute approximate surface area is 198 Å². The van der Waals surface area contributed by atoms with Crippen LogP contribution in [0.1, 0.15) is 38.8 Å². The average Bonchev–Trinajstić information content (AvgIpc) is 2.80. The second-order valence-electron chi connectivity index (χ2n) is 9.46. The molecule has 0 unspecified atom stereocenters. The summed E-state index contributed by atoms with van der Waals surface area (Å²) in [5.41, 5.74) is 0.917. The van der Waals surface area contributed by atoms with Crippen molar-refractivity contribution in [2.24, 2.45) is 0 Å². The highest BCUT2D eigenvalue weighted by Crippen LogP contribution is 2.37. The molecule has 0 aliphatic carbocycles. The lowest BCUT2D eigenvalue weighted by atomic mass is 10.0. The van der Waals surface area contributed by atoms with E-state index in [1.54, 1.807) is 0 Å². The van der Waals surface area contributed by atoms with Crippen LogP contribution in [0.4, 0.5) is 0 Å². The summed E-state index contributed by atoms with van der Waals surface area (Å²) in [4.78, 5) is 0. The normalized spacial score (nSPS) is 20.9. The highest BCUT2D eigenvalue weighted by Gasteiger charge is 2.50. The fourth-order valence-corrected chi connectivity index (χ4v) is 10.4. The summed E-state index contributed by atoms with van der Waals surface area (Å²) in [7, 11) is -6.65. The van der Waals surface area contributed by atoms with Crippen LogP contribution in [-0.4, -0.2) is 29.4 Å². The monoisotopic (exact) mass is 481 g/mol. The minimum Gasteiger partial charge on any atom is -0.405 e. The van der Waals surface area contributed by atoms with Crippen LogP contribution in [-0.2, 0) is 18.9 Å². The molecule has 1 heterocycles. The van der Waals surface area contributed by atoms with Crippen molar-refractivity contribution in [2.45, 2.75) is 44.4 Å². The standard InChI is InChI=1S/C26H31NO4SSi/c1-26(2,3)33(23-15-9-5-10-16-23,24-17-11-6-12-18-24)30-20-22-19-25(27-32(28,29)31-22)21-13-7-4-8-14-21/h4-18,22,25,27H,19-20H2,1-3H3/t22-,25-/m0/s1. The molecule has 1 aliphatic heterocycles. The quantitative estimate of drug-likeness (QED) is 0.542. The zero-order chi connectivity index (χ0) is 23.5. The number of hydrogen-bond donors (Lipinski definition) is 1. The predicted molar refractivity (Wildman–Crippen MR) is 134 cm³/mol. The molecule has 0 amide bonds. The van der Waals surface area contributed by atoms with Gasteiger partial charge in [-0.3, -0.25) is 4.18 Å². The number of hydrogen-bond acceptors (Lipinski definition) is 4. The third-order valence-electron chi connectivity index (χ3n) is 6.15. The summed E-state index contributed by atoms with van der Waals surface area (Å²) in [6, 6.07) is 29.9. The van der Waals surface area contributed by atoms with Crippen molar-refractivity contribution in [1.29, 1.82) is 0 Å². The summed E-state index contributed by atoms with van der Waals surface area (Å²) >= 11 is 0. The Morgan fingerprint density at radius 2 is 1.36 bits per heavy atom. The van der Waals surface area contributed by atoms with Gasteiger partial charge in [0.15, 0.2) is 0 Å². The fraction of sp³-hybridized carbons (Fsp3) is 0.308. The summed E-state index contributed by atoms with van der Waals surface area (Å²) in [5, 5.41) is 2.11. The molecule has 2 atom stereocenters. The first-order chi connectivity index (χ1) is 15.7. The van der Waals surface area contributed by atoms with Gasteiger partial charge in [0.25, 0.3) is 8.32 Å². The van der Waals surface area contributed by atoms with Crippen LogP contribution >= 0.6 is 0 Å². The Morgan fingerprint density at radius 1 is 0.879 bits per heavy atom. The number of nitrogens with one attached hydrogen (secondary N) is 1. The van der Waals surface area contributed by atoms with E-state index in [1.807, 2.05) is 66.7 Å². The molecule has 7 heteroatoms. The van der Waals surface area contributed by atoms with Gasteiger partial charge in [-0.05, 0) is 27.4 Å².